The fraction of sp³-hybridized carbons (Fsp3) is 0.600. The first-order valence-corrected chi connectivity index (χ1v) is 6.41. The van der Waals surface area contributed by atoms with Gasteiger partial charge in [-0.05, 0) is 37.4 Å². The number of hydrogen-bond acceptors (Lipinski definition) is 2. The van der Waals surface area contributed by atoms with E-state index in [-0.39, 0.29) is 0 Å². The van der Waals surface area contributed by atoms with Crippen LogP contribution in [0.3, 0.4) is 0 Å². The quantitative estimate of drug-likeness (QED) is 0.762. The van der Waals surface area contributed by atoms with Crippen molar-refractivity contribution in [1.29, 1.82) is 0 Å². The van der Waals surface area contributed by atoms with Crippen LogP contribution in [0.2, 0.25) is 0 Å². The minimum Gasteiger partial charge on any atom is -0.494 e. The third-order valence-electron chi connectivity index (χ3n) is 3.08. The molecule has 0 aliphatic heterocycles. The fourth-order valence-electron chi connectivity index (χ4n) is 1.40. The second-order valence-electron chi connectivity index (χ2n) is 5.56. The number of rotatable bonds is 6. The fourth-order valence-corrected chi connectivity index (χ4v) is 1.40. The van der Waals surface area contributed by atoms with Crippen molar-refractivity contribution < 1.29 is 4.74 Å². The molecule has 0 heterocycles. The van der Waals surface area contributed by atoms with Crippen molar-refractivity contribution in [1.82, 2.24) is 5.32 Å². The molecule has 0 aliphatic rings. The van der Waals surface area contributed by atoms with Crippen LogP contribution in [-0.4, -0.2) is 19.2 Å². The van der Waals surface area contributed by atoms with Crippen molar-refractivity contribution in [2.45, 2.75) is 40.2 Å². The van der Waals surface area contributed by atoms with Crippen LogP contribution < -0.4 is 10.1 Å². The Morgan fingerprint density at radius 3 is 2.41 bits per heavy atom. The van der Waals surface area contributed by atoms with Gasteiger partial charge in [0.2, 0.25) is 0 Å². The van der Waals surface area contributed by atoms with Gasteiger partial charge in [-0.2, -0.15) is 0 Å². The molecule has 2 heteroatoms. The van der Waals surface area contributed by atoms with Crippen LogP contribution in [0.4, 0.5) is 0 Å². The van der Waals surface area contributed by atoms with Gasteiger partial charge >= 0.3 is 0 Å². The van der Waals surface area contributed by atoms with Gasteiger partial charge in [-0.15, -0.1) is 0 Å². The average Bonchev–Trinajstić information content (AvgIpc) is 2.28. The zero-order valence-electron chi connectivity index (χ0n) is 11.5. The van der Waals surface area contributed by atoms with Gasteiger partial charge in [-0.25, -0.2) is 0 Å². The summed E-state index contributed by atoms with van der Waals surface area (Å²) >= 11 is 0. The molecule has 0 saturated carbocycles. The number of ether oxygens (including phenoxy) is 1. The van der Waals surface area contributed by atoms with Crippen LogP contribution in [0, 0.1) is 5.41 Å². The minimum absolute atomic E-state index is 0.320. The van der Waals surface area contributed by atoms with Crippen LogP contribution in [0.1, 0.15) is 34.1 Å². The Morgan fingerprint density at radius 2 is 1.82 bits per heavy atom. The van der Waals surface area contributed by atoms with Gasteiger partial charge in [-0.3, -0.25) is 0 Å². The van der Waals surface area contributed by atoms with E-state index in [2.05, 4.69) is 33.0 Å². The number of benzene rings is 1. The van der Waals surface area contributed by atoms with Crippen LogP contribution >= 0.6 is 0 Å². The maximum absolute atomic E-state index is 5.63. The molecule has 0 amide bonds. The lowest BCUT2D eigenvalue weighted by atomic mass is 9.88. The van der Waals surface area contributed by atoms with E-state index < -0.39 is 0 Å². The van der Waals surface area contributed by atoms with Gasteiger partial charge in [0.1, 0.15) is 5.75 Å². The van der Waals surface area contributed by atoms with Crippen molar-refractivity contribution in [2.24, 2.45) is 5.41 Å². The average molecular weight is 235 g/mol. The normalized spacial score (nSPS) is 13.4. The summed E-state index contributed by atoms with van der Waals surface area (Å²) in [5.41, 5.74) is 0.320. The molecule has 0 aliphatic carbocycles. The highest BCUT2D eigenvalue weighted by atomic mass is 16.5. The molecular weight excluding hydrogens is 210 g/mol. The van der Waals surface area contributed by atoms with E-state index in [0.29, 0.717) is 11.5 Å². The second-order valence-corrected chi connectivity index (χ2v) is 5.56. The second kappa shape index (κ2) is 6.65. The summed E-state index contributed by atoms with van der Waals surface area (Å²) in [7, 11) is 0. The van der Waals surface area contributed by atoms with E-state index in [0.717, 1.165) is 25.3 Å². The van der Waals surface area contributed by atoms with E-state index >= 15 is 0 Å². The summed E-state index contributed by atoms with van der Waals surface area (Å²) in [6, 6.07) is 10.5. The number of nitrogens with one attached hydrogen (secondary N) is 1. The zero-order valence-corrected chi connectivity index (χ0v) is 11.5. The molecule has 0 spiro atoms. The molecule has 0 aromatic heterocycles. The first-order valence-electron chi connectivity index (χ1n) is 6.41. The lowest BCUT2D eigenvalue weighted by Gasteiger charge is -2.28. The van der Waals surface area contributed by atoms with Crippen molar-refractivity contribution in [2.75, 3.05) is 13.2 Å². The Labute approximate surface area is 105 Å². The topological polar surface area (TPSA) is 21.3 Å². The van der Waals surface area contributed by atoms with Crippen LogP contribution in [0.5, 0.6) is 5.75 Å². The SMILES string of the molecule is CC(NCCCOc1ccccc1)C(C)(C)C. The standard InChI is InChI=1S/C15H25NO/c1-13(15(2,3)4)16-11-8-12-17-14-9-6-5-7-10-14/h5-7,9-10,13,16H,8,11-12H2,1-4H3. The number of hydrogen-bond donors (Lipinski definition) is 1. The van der Waals surface area contributed by atoms with Crippen molar-refractivity contribution in [3.8, 4) is 5.75 Å². The summed E-state index contributed by atoms with van der Waals surface area (Å²) in [5.74, 6) is 0.955. The van der Waals surface area contributed by atoms with Gasteiger partial charge < -0.3 is 10.1 Å². The van der Waals surface area contributed by atoms with Gasteiger partial charge in [-0.1, -0.05) is 39.0 Å². The highest BCUT2D eigenvalue weighted by molar-refractivity contribution is 5.20. The molecular formula is C15H25NO. The van der Waals surface area contributed by atoms with E-state index in [4.69, 9.17) is 4.74 Å². The van der Waals surface area contributed by atoms with Gasteiger partial charge in [0.15, 0.2) is 0 Å². The first-order chi connectivity index (χ1) is 8.00. The predicted molar refractivity (Wildman–Crippen MR) is 73.5 cm³/mol. The highest BCUT2D eigenvalue weighted by Crippen LogP contribution is 2.18. The molecule has 0 radical (unpaired) electrons. The Morgan fingerprint density at radius 1 is 1.18 bits per heavy atom. The van der Waals surface area contributed by atoms with Crippen LogP contribution in [0.15, 0.2) is 30.3 Å². The molecule has 0 fully saturated rings. The smallest absolute Gasteiger partial charge is 0.119 e. The van der Waals surface area contributed by atoms with E-state index in [9.17, 15) is 0 Å². The molecule has 1 rings (SSSR count). The summed E-state index contributed by atoms with van der Waals surface area (Å²) in [4.78, 5) is 0. The first kappa shape index (κ1) is 14.0. The molecule has 1 atom stereocenters. The van der Waals surface area contributed by atoms with Crippen molar-refractivity contribution >= 4 is 0 Å². The lowest BCUT2D eigenvalue weighted by molar-refractivity contribution is 0.266. The Balaban J connectivity index is 2.09. The molecule has 17 heavy (non-hydrogen) atoms. The van der Waals surface area contributed by atoms with Gasteiger partial charge in [0.05, 0.1) is 6.61 Å². The monoisotopic (exact) mass is 235 g/mol. The van der Waals surface area contributed by atoms with Crippen molar-refractivity contribution in [3.63, 3.8) is 0 Å². The van der Waals surface area contributed by atoms with Gasteiger partial charge in [0, 0.05) is 6.04 Å². The highest BCUT2D eigenvalue weighted by Gasteiger charge is 2.18. The molecule has 0 bridgehead atoms. The lowest BCUT2D eigenvalue weighted by Crippen LogP contribution is -2.38. The van der Waals surface area contributed by atoms with Gasteiger partial charge in [0.25, 0.3) is 0 Å². The van der Waals surface area contributed by atoms with Crippen LogP contribution in [-0.2, 0) is 0 Å². The molecule has 1 unspecified atom stereocenters. The van der Waals surface area contributed by atoms with E-state index in [1.165, 1.54) is 0 Å². The third kappa shape index (κ3) is 5.73. The Bertz CT molecular complexity index is 302. The van der Waals surface area contributed by atoms with Crippen molar-refractivity contribution in [3.05, 3.63) is 30.3 Å². The summed E-state index contributed by atoms with van der Waals surface area (Å²) in [5, 5.41) is 3.53. The molecule has 0 saturated heterocycles. The van der Waals surface area contributed by atoms with E-state index in [1.807, 2.05) is 30.3 Å². The van der Waals surface area contributed by atoms with E-state index in [1.54, 1.807) is 0 Å². The largest absolute Gasteiger partial charge is 0.494 e. The predicted octanol–water partition coefficient (Wildman–Crippen LogP) is 3.48. The maximum Gasteiger partial charge on any atom is 0.119 e. The zero-order chi connectivity index (χ0) is 12.7. The molecule has 2 nitrogen and oxygen atoms in total. The molecule has 1 aromatic rings. The summed E-state index contributed by atoms with van der Waals surface area (Å²) < 4.78 is 5.63. The Kier molecular flexibility index (Phi) is 5.49. The molecule has 1 N–H and O–H groups in total. The molecule has 96 valence electrons. The van der Waals surface area contributed by atoms with Crippen LogP contribution in [0.25, 0.3) is 0 Å². The minimum atomic E-state index is 0.320. The Hall–Kier alpha value is -1.02. The molecule has 1 aromatic carbocycles. The summed E-state index contributed by atoms with van der Waals surface area (Å²) in [6.07, 6.45) is 1.04. The number of para-hydroxylation sites is 1. The maximum atomic E-state index is 5.63. The summed E-state index contributed by atoms with van der Waals surface area (Å²) in [6.45, 7) is 10.8. The third-order valence-corrected chi connectivity index (χ3v) is 3.08.